The molecule has 3 aromatic rings. The number of hydrogen-bond acceptors (Lipinski definition) is 9. The number of ether oxygens (including phenoxy) is 3. The highest BCUT2D eigenvalue weighted by atomic mass is 28.3. The highest BCUT2D eigenvalue weighted by Crippen LogP contribution is 2.42. The van der Waals surface area contributed by atoms with Crippen LogP contribution in [-0.2, 0) is 4.79 Å². The van der Waals surface area contributed by atoms with Crippen molar-refractivity contribution in [2.24, 2.45) is 5.73 Å². The molecule has 1 atom stereocenters. The van der Waals surface area contributed by atoms with Gasteiger partial charge in [0.2, 0.25) is 23.6 Å². The number of aromatic nitrogens is 2. The van der Waals surface area contributed by atoms with Gasteiger partial charge in [-0.05, 0) is 51.9 Å². The van der Waals surface area contributed by atoms with E-state index in [9.17, 15) is 9.59 Å². The molecule has 41 heavy (non-hydrogen) atoms. The van der Waals surface area contributed by atoms with Crippen LogP contribution in [0.2, 0.25) is 19.6 Å². The molecule has 0 bridgehead atoms. The van der Waals surface area contributed by atoms with Gasteiger partial charge in [-0.25, -0.2) is 0 Å². The Morgan fingerprint density at radius 3 is 2.32 bits per heavy atom. The third-order valence-electron chi connectivity index (χ3n) is 7.00. The van der Waals surface area contributed by atoms with Gasteiger partial charge in [-0.3, -0.25) is 14.5 Å². The largest absolute Gasteiger partial charge is 0.477 e. The van der Waals surface area contributed by atoms with E-state index in [0.717, 1.165) is 22.7 Å². The second-order valence-corrected chi connectivity index (χ2v) is 16.0. The van der Waals surface area contributed by atoms with Crippen molar-refractivity contribution in [2.45, 2.75) is 59.3 Å². The predicted molar refractivity (Wildman–Crippen MR) is 159 cm³/mol. The standard InChI is InChI=1S/C29H39N5O6Si/c1-8-37-27-25(28(38-9-2)33-29(32-27)34-13-12-18(31-4)14-23(34)35)20-15-19(41(5,6)7)16-22(17(20)3)40-24-11-10-21(39-24)26(30)36/h10-11,15-16,18,31H,8-9,12-14H2,1-7H3,(H2,30,36). The highest BCUT2D eigenvalue weighted by Gasteiger charge is 2.31. The van der Waals surface area contributed by atoms with Crippen molar-refractivity contribution in [3.63, 3.8) is 0 Å². The lowest BCUT2D eigenvalue weighted by molar-refractivity contribution is -0.120. The van der Waals surface area contributed by atoms with Gasteiger partial charge >= 0.3 is 0 Å². The maximum Gasteiger partial charge on any atom is 0.290 e. The molecule has 1 unspecified atom stereocenters. The first-order valence-electron chi connectivity index (χ1n) is 13.8. The zero-order valence-corrected chi connectivity index (χ0v) is 25.8. The van der Waals surface area contributed by atoms with Gasteiger partial charge in [-0.15, -0.1) is 0 Å². The van der Waals surface area contributed by atoms with Gasteiger partial charge in [0.15, 0.2) is 5.76 Å². The molecule has 2 amide bonds. The smallest absolute Gasteiger partial charge is 0.290 e. The Labute approximate surface area is 241 Å². The van der Waals surface area contributed by atoms with Crippen molar-refractivity contribution in [1.82, 2.24) is 15.3 Å². The lowest BCUT2D eigenvalue weighted by atomic mass is 10.0. The van der Waals surface area contributed by atoms with Crippen LogP contribution in [0.25, 0.3) is 11.1 Å². The van der Waals surface area contributed by atoms with Gasteiger partial charge < -0.3 is 29.7 Å². The summed E-state index contributed by atoms with van der Waals surface area (Å²) in [6.07, 6.45) is 1.14. The maximum absolute atomic E-state index is 13.0. The Morgan fingerprint density at radius 1 is 1.15 bits per heavy atom. The average Bonchev–Trinajstić information content (AvgIpc) is 3.39. The van der Waals surface area contributed by atoms with Gasteiger partial charge in [0, 0.05) is 30.6 Å². The third kappa shape index (κ3) is 6.54. The molecule has 1 aliphatic heterocycles. The molecule has 2 aromatic heterocycles. The number of nitrogens with two attached hydrogens (primary N) is 1. The third-order valence-corrected chi connectivity index (χ3v) is 9.02. The Balaban J connectivity index is 1.89. The number of anilines is 1. The number of nitrogens with one attached hydrogen (secondary N) is 1. The van der Waals surface area contributed by atoms with Gasteiger partial charge in [-0.2, -0.15) is 9.97 Å². The minimum atomic E-state index is -1.88. The van der Waals surface area contributed by atoms with E-state index in [2.05, 4.69) is 31.0 Å². The van der Waals surface area contributed by atoms with Crippen molar-refractivity contribution in [3.05, 3.63) is 35.6 Å². The van der Waals surface area contributed by atoms with E-state index in [-0.39, 0.29) is 29.6 Å². The minimum Gasteiger partial charge on any atom is -0.477 e. The first kappa shape index (κ1) is 30.1. The van der Waals surface area contributed by atoms with Gasteiger partial charge in [-0.1, -0.05) is 30.9 Å². The summed E-state index contributed by atoms with van der Waals surface area (Å²) in [5, 5.41) is 4.28. The summed E-state index contributed by atoms with van der Waals surface area (Å²) < 4.78 is 23.8. The van der Waals surface area contributed by atoms with E-state index in [4.69, 9.17) is 34.3 Å². The lowest BCUT2D eigenvalue weighted by Crippen LogP contribution is -2.45. The van der Waals surface area contributed by atoms with Crippen LogP contribution in [0.1, 0.15) is 42.8 Å². The normalized spacial score (nSPS) is 15.6. The Morgan fingerprint density at radius 2 is 1.80 bits per heavy atom. The van der Waals surface area contributed by atoms with Crippen LogP contribution < -0.4 is 35.3 Å². The van der Waals surface area contributed by atoms with Crippen LogP contribution >= 0.6 is 0 Å². The average molecular weight is 582 g/mol. The molecule has 0 spiro atoms. The molecule has 1 aromatic carbocycles. The molecule has 3 heterocycles. The fourth-order valence-corrected chi connectivity index (χ4v) is 5.78. The fraction of sp³-hybridized carbons (Fsp3) is 0.448. The van der Waals surface area contributed by atoms with Crippen LogP contribution in [0.3, 0.4) is 0 Å². The highest BCUT2D eigenvalue weighted by molar-refractivity contribution is 6.88. The number of piperidine rings is 1. The number of hydrogen-bond donors (Lipinski definition) is 2. The SMILES string of the molecule is CCOc1nc(N2CCC(NC)CC2=O)nc(OCC)c1-c1cc([Si](C)(C)C)cc(Oc2ccc(C(N)=O)o2)c1C. The number of amides is 2. The van der Waals surface area contributed by atoms with E-state index in [1.807, 2.05) is 33.9 Å². The molecule has 11 nitrogen and oxygen atoms in total. The van der Waals surface area contributed by atoms with Crippen LogP contribution in [0, 0.1) is 6.92 Å². The van der Waals surface area contributed by atoms with Gasteiger partial charge in [0.1, 0.15) is 11.3 Å². The lowest BCUT2D eigenvalue weighted by Gasteiger charge is -2.30. The fourth-order valence-electron chi connectivity index (χ4n) is 4.64. The number of nitrogens with zero attached hydrogens (tertiary/aromatic N) is 3. The first-order chi connectivity index (χ1) is 19.5. The summed E-state index contributed by atoms with van der Waals surface area (Å²) in [6, 6.07) is 7.26. The van der Waals surface area contributed by atoms with Crippen LogP contribution in [0.15, 0.2) is 28.7 Å². The second kappa shape index (κ2) is 12.3. The minimum absolute atomic E-state index is 0.00813. The summed E-state index contributed by atoms with van der Waals surface area (Å²) in [4.78, 5) is 35.7. The number of carbonyl (C=O) groups is 2. The van der Waals surface area contributed by atoms with Gasteiger partial charge in [0.25, 0.3) is 11.9 Å². The molecule has 1 aliphatic rings. The van der Waals surface area contributed by atoms with Gasteiger partial charge in [0.05, 0.1) is 21.3 Å². The van der Waals surface area contributed by atoms with Crippen LogP contribution in [-0.4, -0.2) is 62.7 Å². The molecule has 12 heteroatoms. The Kier molecular flexibility index (Phi) is 9.03. The van der Waals surface area contributed by atoms with Crippen LogP contribution in [0.4, 0.5) is 5.95 Å². The van der Waals surface area contributed by atoms with Crippen molar-refractivity contribution >= 4 is 31.0 Å². The van der Waals surface area contributed by atoms with Crippen molar-refractivity contribution in [3.8, 4) is 34.6 Å². The molecule has 0 saturated carbocycles. The zero-order chi connectivity index (χ0) is 29.9. The van der Waals surface area contributed by atoms with Crippen molar-refractivity contribution in [1.29, 1.82) is 0 Å². The number of benzene rings is 1. The number of carbonyl (C=O) groups excluding carboxylic acids is 2. The van der Waals surface area contributed by atoms with E-state index in [0.29, 0.717) is 49.3 Å². The molecule has 220 valence electrons. The molecule has 4 rings (SSSR count). The molecule has 0 radical (unpaired) electrons. The van der Waals surface area contributed by atoms with E-state index < -0.39 is 14.0 Å². The van der Waals surface area contributed by atoms with E-state index in [1.54, 1.807) is 11.0 Å². The topological polar surface area (TPSA) is 142 Å². The number of rotatable bonds is 11. The van der Waals surface area contributed by atoms with E-state index in [1.165, 1.54) is 6.07 Å². The summed E-state index contributed by atoms with van der Waals surface area (Å²) in [5.74, 6) is 0.852. The first-order valence-corrected chi connectivity index (χ1v) is 17.3. The summed E-state index contributed by atoms with van der Waals surface area (Å²) >= 11 is 0. The monoisotopic (exact) mass is 581 g/mol. The predicted octanol–water partition coefficient (Wildman–Crippen LogP) is 3.99. The molecule has 0 aliphatic carbocycles. The Bertz CT molecular complexity index is 1410. The summed E-state index contributed by atoms with van der Waals surface area (Å²) in [5.41, 5.74) is 7.49. The molecule has 1 fully saturated rings. The molecule has 1 saturated heterocycles. The molecular formula is C29H39N5O6Si. The zero-order valence-electron chi connectivity index (χ0n) is 24.8. The number of primary amides is 1. The molecule has 3 N–H and O–H groups in total. The summed E-state index contributed by atoms with van der Waals surface area (Å²) in [6.45, 7) is 13.6. The quantitative estimate of drug-likeness (QED) is 0.321. The van der Waals surface area contributed by atoms with Crippen molar-refractivity contribution < 1.29 is 28.2 Å². The Hall–Kier alpha value is -3.90. The van der Waals surface area contributed by atoms with Crippen molar-refractivity contribution in [2.75, 3.05) is 31.7 Å². The second-order valence-electron chi connectivity index (χ2n) is 10.9. The summed E-state index contributed by atoms with van der Waals surface area (Å²) in [7, 11) is -0.0188. The van der Waals surface area contributed by atoms with E-state index >= 15 is 0 Å². The maximum atomic E-state index is 13.0. The molecular weight excluding hydrogens is 542 g/mol. The van der Waals surface area contributed by atoms with Crippen LogP contribution in [0.5, 0.6) is 23.5 Å². The number of furan rings is 1.